The number of anilines is 1. The molecule has 0 amide bonds. The van der Waals surface area contributed by atoms with E-state index in [9.17, 15) is 0 Å². The van der Waals surface area contributed by atoms with Gasteiger partial charge in [0.1, 0.15) is 5.75 Å². The minimum atomic E-state index is 0.276. The van der Waals surface area contributed by atoms with Gasteiger partial charge in [-0.3, -0.25) is 0 Å². The van der Waals surface area contributed by atoms with Crippen LogP contribution in [0.15, 0.2) is 35.7 Å². The first kappa shape index (κ1) is 13.9. The summed E-state index contributed by atoms with van der Waals surface area (Å²) in [6, 6.07) is 10.4. The first-order valence-corrected chi connectivity index (χ1v) is 7.32. The van der Waals surface area contributed by atoms with Gasteiger partial charge < -0.3 is 15.8 Å². The standard InChI is InChI=1S/C15H20N2OS/c1-3-13(11-6-4-5-7-14(11)18-2)17-10-15-12(16)8-9-19-15/h4-9,13,17H,3,10,16H2,1-2H3. The maximum absolute atomic E-state index is 5.91. The predicted octanol–water partition coefficient (Wildman–Crippen LogP) is 3.58. The Labute approximate surface area is 118 Å². The number of nitrogens with two attached hydrogens (primary N) is 1. The van der Waals surface area contributed by atoms with Crippen molar-refractivity contribution in [2.24, 2.45) is 0 Å². The van der Waals surface area contributed by atoms with E-state index in [-0.39, 0.29) is 6.04 Å². The van der Waals surface area contributed by atoms with Gasteiger partial charge in [-0.2, -0.15) is 0 Å². The summed E-state index contributed by atoms with van der Waals surface area (Å²) in [6.45, 7) is 2.96. The summed E-state index contributed by atoms with van der Waals surface area (Å²) in [6.07, 6.45) is 1.01. The molecule has 1 aromatic carbocycles. The van der Waals surface area contributed by atoms with Crippen LogP contribution in [0.4, 0.5) is 5.69 Å². The fourth-order valence-electron chi connectivity index (χ4n) is 2.14. The van der Waals surface area contributed by atoms with E-state index < -0.39 is 0 Å². The number of thiophene rings is 1. The van der Waals surface area contributed by atoms with Crippen molar-refractivity contribution in [2.45, 2.75) is 25.9 Å². The average molecular weight is 276 g/mol. The molecular formula is C15H20N2OS. The minimum Gasteiger partial charge on any atom is -0.496 e. The zero-order chi connectivity index (χ0) is 13.7. The number of ether oxygens (including phenoxy) is 1. The van der Waals surface area contributed by atoms with Gasteiger partial charge in [0.25, 0.3) is 0 Å². The maximum Gasteiger partial charge on any atom is 0.123 e. The Morgan fingerprint density at radius 1 is 1.32 bits per heavy atom. The third kappa shape index (κ3) is 3.28. The van der Waals surface area contributed by atoms with Crippen LogP contribution in [0.5, 0.6) is 5.75 Å². The lowest BCUT2D eigenvalue weighted by molar-refractivity contribution is 0.397. The smallest absolute Gasteiger partial charge is 0.123 e. The van der Waals surface area contributed by atoms with Gasteiger partial charge in [0.2, 0.25) is 0 Å². The Morgan fingerprint density at radius 3 is 2.74 bits per heavy atom. The summed E-state index contributed by atoms with van der Waals surface area (Å²) < 4.78 is 5.43. The number of benzene rings is 1. The highest BCUT2D eigenvalue weighted by molar-refractivity contribution is 7.10. The summed E-state index contributed by atoms with van der Waals surface area (Å²) in [5.41, 5.74) is 7.97. The zero-order valence-electron chi connectivity index (χ0n) is 11.3. The van der Waals surface area contributed by atoms with E-state index in [1.807, 2.05) is 29.6 Å². The summed E-state index contributed by atoms with van der Waals surface area (Å²) in [4.78, 5) is 1.19. The molecule has 0 spiro atoms. The van der Waals surface area contributed by atoms with Crippen LogP contribution in [0.1, 0.15) is 29.8 Å². The highest BCUT2D eigenvalue weighted by Gasteiger charge is 2.14. The molecule has 4 heteroatoms. The largest absolute Gasteiger partial charge is 0.496 e. The van der Waals surface area contributed by atoms with E-state index in [4.69, 9.17) is 10.5 Å². The Morgan fingerprint density at radius 2 is 2.11 bits per heavy atom. The Kier molecular flexibility index (Phi) is 4.82. The molecule has 3 nitrogen and oxygen atoms in total. The fourth-order valence-corrected chi connectivity index (χ4v) is 2.89. The van der Waals surface area contributed by atoms with Gasteiger partial charge in [0, 0.05) is 28.7 Å². The molecule has 1 heterocycles. The zero-order valence-corrected chi connectivity index (χ0v) is 12.2. The predicted molar refractivity (Wildman–Crippen MR) is 81.6 cm³/mol. The fraction of sp³-hybridized carbons (Fsp3) is 0.333. The van der Waals surface area contributed by atoms with E-state index in [1.165, 1.54) is 10.4 Å². The summed E-state index contributed by atoms with van der Waals surface area (Å²) in [7, 11) is 1.71. The lowest BCUT2D eigenvalue weighted by Crippen LogP contribution is -2.20. The lowest BCUT2D eigenvalue weighted by Gasteiger charge is -2.19. The topological polar surface area (TPSA) is 47.3 Å². The molecule has 1 aromatic heterocycles. The molecular weight excluding hydrogens is 256 g/mol. The van der Waals surface area contributed by atoms with Gasteiger partial charge in [0.05, 0.1) is 7.11 Å². The maximum atomic E-state index is 5.91. The van der Waals surface area contributed by atoms with Gasteiger partial charge in [-0.05, 0) is 23.9 Å². The van der Waals surface area contributed by atoms with Gasteiger partial charge in [0.15, 0.2) is 0 Å². The second-order valence-corrected chi connectivity index (χ2v) is 5.38. The van der Waals surface area contributed by atoms with E-state index in [1.54, 1.807) is 18.4 Å². The number of nitrogen functional groups attached to an aromatic ring is 1. The molecule has 2 rings (SSSR count). The number of para-hydroxylation sites is 1. The summed E-state index contributed by atoms with van der Waals surface area (Å²) in [5, 5.41) is 5.58. The molecule has 2 aromatic rings. The molecule has 0 saturated carbocycles. The second-order valence-electron chi connectivity index (χ2n) is 4.38. The van der Waals surface area contributed by atoms with Crippen molar-refractivity contribution in [3.8, 4) is 5.75 Å². The van der Waals surface area contributed by atoms with Gasteiger partial charge >= 0.3 is 0 Å². The molecule has 0 fully saturated rings. The molecule has 3 N–H and O–H groups in total. The molecule has 0 aliphatic carbocycles. The van der Waals surface area contributed by atoms with E-state index in [2.05, 4.69) is 18.3 Å². The van der Waals surface area contributed by atoms with Crippen LogP contribution < -0.4 is 15.8 Å². The van der Waals surface area contributed by atoms with Crippen LogP contribution in [0.3, 0.4) is 0 Å². The van der Waals surface area contributed by atoms with Gasteiger partial charge in [-0.15, -0.1) is 11.3 Å². The van der Waals surface area contributed by atoms with E-state index >= 15 is 0 Å². The van der Waals surface area contributed by atoms with E-state index in [0.29, 0.717) is 0 Å². The number of rotatable bonds is 6. The molecule has 102 valence electrons. The second kappa shape index (κ2) is 6.59. The number of nitrogens with one attached hydrogen (secondary N) is 1. The van der Waals surface area contributed by atoms with Crippen molar-refractivity contribution in [1.82, 2.24) is 5.32 Å². The van der Waals surface area contributed by atoms with E-state index in [0.717, 1.165) is 24.4 Å². The molecule has 19 heavy (non-hydrogen) atoms. The summed E-state index contributed by atoms with van der Waals surface area (Å²) in [5.74, 6) is 0.931. The van der Waals surface area contributed by atoms with Crippen molar-refractivity contribution in [1.29, 1.82) is 0 Å². The molecule has 1 atom stereocenters. The normalized spacial score (nSPS) is 12.3. The number of methoxy groups -OCH3 is 1. The number of hydrogen-bond donors (Lipinski definition) is 2. The SMILES string of the molecule is CCC(NCc1sccc1N)c1ccccc1OC. The van der Waals surface area contributed by atoms with Gasteiger partial charge in [-0.25, -0.2) is 0 Å². The minimum absolute atomic E-state index is 0.276. The van der Waals surface area contributed by atoms with Crippen molar-refractivity contribution in [3.63, 3.8) is 0 Å². The highest BCUT2D eigenvalue weighted by Crippen LogP contribution is 2.28. The van der Waals surface area contributed by atoms with Crippen molar-refractivity contribution < 1.29 is 4.74 Å². The number of hydrogen-bond acceptors (Lipinski definition) is 4. The molecule has 0 bridgehead atoms. The van der Waals surface area contributed by atoms with Crippen molar-refractivity contribution in [3.05, 3.63) is 46.2 Å². The Hall–Kier alpha value is -1.52. The molecule has 0 radical (unpaired) electrons. The van der Waals surface area contributed by atoms with Crippen LogP contribution in [0.2, 0.25) is 0 Å². The first-order valence-electron chi connectivity index (χ1n) is 6.44. The average Bonchev–Trinajstić information content (AvgIpc) is 2.85. The highest BCUT2D eigenvalue weighted by atomic mass is 32.1. The lowest BCUT2D eigenvalue weighted by atomic mass is 10.0. The first-order chi connectivity index (χ1) is 9.26. The van der Waals surface area contributed by atoms with Crippen molar-refractivity contribution >= 4 is 17.0 Å². The van der Waals surface area contributed by atoms with Crippen molar-refractivity contribution in [2.75, 3.05) is 12.8 Å². The molecule has 0 aliphatic heterocycles. The van der Waals surface area contributed by atoms with Crippen LogP contribution in [-0.4, -0.2) is 7.11 Å². The van der Waals surface area contributed by atoms with Crippen LogP contribution in [-0.2, 0) is 6.54 Å². The molecule has 1 unspecified atom stereocenters. The third-order valence-corrected chi connectivity index (χ3v) is 4.15. The van der Waals surface area contributed by atoms with Gasteiger partial charge in [-0.1, -0.05) is 25.1 Å². The third-order valence-electron chi connectivity index (χ3n) is 3.21. The van der Waals surface area contributed by atoms with Crippen LogP contribution in [0.25, 0.3) is 0 Å². The quantitative estimate of drug-likeness (QED) is 0.847. The van der Waals surface area contributed by atoms with Crippen LogP contribution in [0, 0.1) is 0 Å². The monoisotopic (exact) mass is 276 g/mol. The molecule has 0 aliphatic rings. The van der Waals surface area contributed by atoms with Crippen LogP contribution >= 0.6 is 11.3 Å². The molecule has 0 saturated heterocycles. The Bertz CT molecular complexity index is 524. The Balaban J connectivity index is 2.10. The summed E-state index contributed by atoms with van der Waals surface area (Å²) >= 11 is 1.69.